The van der Waals surface area contributed by atoms with Gasteiger partial charge in [-0.25, -0.2) is 4.98 Å². The van der Waals surface area contributed by atoms with E-state index in [9.17, 15) is 26.7 Å². The summed E-state index contributed by atoms with van der Waals surface area (Å²) in [7, 11) is 0. The molecule has 0 atom stereocenters. The molecule has 0 saturated carbocycles. The molecule has 2 rings (SSSR count). The second-order valence-corrected chi connectivity index (χ2v) is 5.89. The van der Waals surface area contributed by atoms with E-state index in [4.69, 9.17) is 0 Å². The number of nitrogens with zero attached hydrogens (tertiary/aromatic N) is 1. The van der Waals surface area contributed by atoms with E-state index in [1.807, 2.05) is 0 Å². The zero-order valence-electron chi connectivity index (χ0n) is 13.1. The van der Waals surface area contributed by atoms with Gasteiger partial charge < -0.3 is 10.1 Å². The highest BCUT2D eigenvalue weighted by atomic mass is 32.2. The molecule has 140 valence electrons. The van der Waals surface area contributed by atoms with Gasteiger partial charge in [0.15, 0.2) is 0 Å². The summed E-state index contributed by atoms with van der Waals surface area (Å²) < 4.78 is 66.2. The van der Waals surface area contributed by atoms with Crippen LogP contribution in [-0.4, -0.2) is 29.4 Å². The molecule has 1 aromatic heterocycles. The van der Waals surface area contributed by atoms with Crippen molar-refractivity contribution in [3.05, 3.63) is 53.7 Å². The van der Waals surface area contributed by atoms with Gasteiger partial charge in [-0.1, -0.05) is 30.0 Å². The van der Waals surface area contributed by atoms with Crippen LogP contribution in [0.15, 0.2) is 47.6 Å². The first-order valence-corrected chi connectivity index (χ1v) is 8.20. The van der Waals surface area contributed by atoms with Crippen molar-refractivity contribution in [1.82, 2.24) is 10.3 Å². The van der Waals surface area contributed by atoms with Crippen molar-refractivity contribution >= 4 is 17.7 Å². The first-order chi connectivity index (χ1) is 12.3. The molecule has 0 aliphatic heterocycles. The quantitative estimate of drug-likeness (QED) is 0.565. The zero-order chi connectivity index (χ0) is 19.2. The first-order valence-electron chi connectivity index (χ1n) is 7.22. The zero-order valence-corrected chi connectivity index (χ0v) is 13.9. The summed E-state index contributed by atoms with van der Waals surface area (Å²) in [6, 6.07) is 8.64. The minimum Gasteiger partial charge on any atom is -0.434 e. The Hall–Kier alpha value is -2.36. The minimum atomic E-state index is -4.40. The molecule has 1 N–H and O–H groups in total. The third-order valence-corrected chi connectivity index (χ3v) is 4.09. The predicted octanol–water partition coefficient (Wildman–Crippen LogP) is 4.27. The highest BCUT2D eigenvalue weighted by Crippen LogP contribution is 2.28. The lowest BCUT2D eigenvalue weighted by Crippen LogP contribution is -2.24. The van der Waals surface area contributed by atoms with Gasteiger partial charge in [-0.05, 0) is 18.2 Å². The maximum absolute atomic E-state index is 12.4. The number of thioether (sulfide) groups is 1. The van der Waals surface area contributed by atoms with E-state index in [-0.39, 0.29) is 22.9 Å². The summed E-state index contributed by atoms with van der Waals surface area (Å²) in [6.07, 6.45) is -3.12. The van der Waals surface area contributed by atoms with Gasteiger partial charge in [0.2, 0.25) is 0 Å². The number of hydrogen-bond acceptors (Lipinski definition) is 4. The Kier molecular flexibility index (Phi) is 6.78. The van der Waals surface area contributed by atoms with Crippen molar-refractivity contribution in [3.8, 4) is 5.75 Å². The Morgan fingerprint density at radius 3 is 2.62 bits per heavy atom. The number of aromatic nitrogens is 1. The molecule has 26 heavy (non-hydrogen) atoms. The fraction of sp³-hybridized carbons (Fsp3) is 0.250. The number of para-hydroxylation sites is 1. The molecule has 0 spiro atoms. The molecule has 0 fully saturated rings. The topological polar surface area (TPSA) is 51.2 Å². The van der Waals surface area contributed by atoms with E-state index in [0.29, 0.717) is 17.3 Å². The third kappa shape index (κ3) is 6.17. The fourth-order valence-electron chi connectivity index (χ4n) is 1.96. The minimum absolute atomic E-state index is 0.0333. The van der Waals surface area contributed by atoms with E-state index in [1.165, 1.54) is 36.5 Å². The smallest absolute Gasteiger partial charge is 0.398 e. The Morgan fingerprint density at radius 1 is 1.19 bits per heavy atom. The van der Waals surface area contributed by atoms with Gasteiger partial charge in [0.1, 0.15) is 10.8 Å². The number of alkyl halides is 5. The van der Waals surface area contributed by atoms with E-state index in [1.54, 1.807) is 6.07 Å². The molecule has 0 saturated heterocycles. The number of halogens is 5. The standard InChI is InChI=1S/C16H13F5N2O2S/c17-15(18)25-12-6-2-1-4-10(12)8-23-13(24)11-5-3-7-22-14(11)26-9-16(19,20)21/h1-7,15H,8-9H2,(H,23,24). The lowest BCUT2D eigenvalue weighted by Gasteiger charge is -2.13. The summed E-state index contributed by atoms with van der Waals surface area (Å²) in [5, 5.41) is 2.40. The van der Waals surface area contributed by atoms with E-state index in [2.05, 4.69) is 15.0 Å². The van der Waals surface area contributed by atoms with Crippen LogP contribution >= 0.6 is 11.8 Å². The second kappa shape index (κ2) is 8.84. The van der Waals surface area contributed by atoms with Gasteiger partial charge >= 0.3 is 12.8 Å². The van der Waals surface area contributed by atoms with E-state index >= 15 is 0 Å². The molecule has 0 radical (unpaired) electrons. The number of amides is 1. The number of carbonyl (C=O) groups excluding carboxylic acids is 1. The van der Waals surface area contributed by atoms with Crippen molar-refractivity contribution in [2.45, 2.75) is 24.4 Å². The second-order valence-electron chi connectivity index (χ2n) is 4.93. The molecule has 0 aliphatic carbocycles. The van der Waals surface area contributed by atoms with Gasteiger partial charge in [0.05, 0.1) is 11.3 Å². The Labute approximate surface area is 149 Å². The average Bonchev–Trinajstić information content (AvgIpc) is 2.58. The number of pyridine rings is 1. The Bertz CT molecular complexity index is 755. The molecule has 1 aromatic carbocycles. The van der Waals surface area contributed by atoms with Gasteiger partial charge in [0, 0.05) is 18.3 Å². The van der Waals surface area contributed by atoms with E-state index < -0.39 is 24.4 Å². The molecule has 0 unspecified atom stereocenters. The number of carbonyl (C=O) groups is 1. The molecule has 2 aromatic rings. The summed E-state index contributed by atoms with van der Waals surface area (Å²) in [6.45, 7) is -3.16. The lowest BCUT2D eigenvalue weighted by molar-refractivity contribution is -0.105. The van der Waals surface area contributed by atoms with E-state index in [0.717, 1.165) is 0 Å². The molecule has 0 bridgehead atoms. The van der Waals surface area contributed by atoms with Crippen LogP contribution in [0.4, 0.5) is 22.0 Å². The number of rotatable bonds is 7. The van der Waals surface area contributed by atoms with Crippen LogP contribution in [0.1, 0.15) is 15.9 Å². The average molecular weight is 392 g/mol. The third-order valence-electron chi connectivity index (χ3n) is 3.02. The number of hydrogen-bond donors (Lipinski definition) is 1. The predicted molar refractivity (Wildman–Crippen MR) is 85.3 cm³/mol. The fourth-order valence-corrected chi connectivity index (χ4v) is 2.71. The van der Waals surface area contributed by atoms with Crippen molar-refractivity contribution < 1.29 is 31.5 Å². The van der Waals surface area contributed by atoms with Crippen LogP contribution in [0, 0.1) is 0 Å². The van der Waals surface area contributed by atoms with Crippen molar-refractivity contribution in [2.75, 3.05) is 5.75 Å². The summed E-state index contributed by atoms with van der Waals surface area (Å²) >= 11 is 0.395. The Balaban J connectivity index is 2.07. The molecule has 1 heterocycles. The number of benzene rings is 1. The van der Waals surface area contributed by atoms with Gasteiger partial charge in [-0.3, -0.25) is 4.79 Å². The lowest BCUT2D eigenvalue weighted by atomic mass is 10.2. The molecule has 0 aliphatic rings. The largest absolute Gasteiger partial charge is 0.434 e. The Morgan fingerprint density at radius 2 is 1.92 bits per heavy atom. The molecule has 1 amide bonds. The van der Waals surface area contributed by atoms with Crippen molar-refractivity contribution in [1.29, 1.82) is 0 Å². The normalized spacial score (nSPS) is 11.5. The molecule has 10 heteroatoms. The first kappa shape index (κ1) is 20.0. The van der Waals surface area contributed by atoms with Crippen molar-refractivity contribution in [3.63, 3.8) is 0 Å². The highest BCUT2D eigenvalue weighted by Gasteiger charge is 2.28. The van der Waals surface area contributed by atoms with Gasteiger partial charge in [-0.15, -0.1) is 0 Å². The monoisotopic (exact) mass is 392 g/mol. The van der Waals surface area contributed by atoms with Crippen LogP contribution in [0.2, 0.25) is 0 Å². The van der Waals surface area contributed by atoms with Gasteiger partial charge in [0.25, 0.3) is 5.91 Å². The summed E-state index contributed by atoms with van der Waals surface area (Å²) in [5.41, 5.74) is 0.267. The molecular formula is C16H13F5N2O2S. The van der Waals surface area contributed by atoms with Crippen molar-refractivity contribution in [2.24, 2.45) is 0 Å². The summed E-state index contributed by atoms with van der Waals surface area (Å²) in [5.74, 6) is -1.95. The van der Waals surface area contributed by atoms with Crippen LogP contribution < -0.4 is 10.1 Å². The molecular weight excluding hydrogens is 379 g/mol. The van der Waals surface area contributed by atoms with Crippen LogP contribution in [0.3, 0.4) is 0 Å². The van der Waals surface area contributed by atoms with Crippen LogP contribution in [0.5, 0.6) is 5.75 Å². The maximum atomic E-state index is 12.4. The SMILES string of the molecule is O=C(NCc1ccccc1OC(F)F)c1cccnc1SCC(F)(F)F. The van der Waals surface area contributed by atoms with Crippen LogP contribution in [-0.2, 0) is 6.54 Å². The van der Waals surface area contributed by atoms with Gasteiger partial charge in [-0.2, -0.15) is 22.0 Å². The van der Waals surface area contributed by atoms with Crippen LogP contribution in [0.25, 0.3) is 0 Å². The molecule has 4 nitrogen and oxygen atoms in total. The number of nitrogens with one attached hydrogen (secondary N) is 1. The summed E-state index contributed by atoms with van der Waals surface area (Å²) in [4.78, 5) is 16.1. The maximum Gasteiger partial charge on any atom is 0.398 e. The number of ether oxygens (including phenoxy) is 1. The highest BCUT2D eigenvalue weighted by molar-refractivity contribution is 7.99.